The minimum Gasteiger partial charge on any atom is -0.493 e. The third-order valence-corrected chi connectivity index (χ3v) is 4.49. The molecule has 1 amide bonds. The van der Waals surface area contributed by atoms with Crippen LogP contribution in [0.3, 0.4) is 0 Å². The molecule has 28 heavy (non-hydrogen) atoms. The molecule has 6 heteroatoms. The second-order valence-electron chi connectivity index (χ2n) is 6.24. The number of amides is 1. The Bertz CT molecular complexity index is 1010. The topological polar surface area (TPSA) is 64.8 Å². The number of aromatic nitrogens is 1. The van der Waals surface area contributed by atoms with Crippen LogP contribution in [0.5, 0.6) is 11.5 Å². The molecule has 0 unspecified atom stereocenters. The molecule has 6 nitrogen and oxygen atoms in total. The summed E-state index contributed by atoms with van der Waals surface area (Å²) >= 11 is 0. The lowest BCUT2D eigenvalue weighted by molar-refractivity contribution is 0.0954. The number of benzene rings is 2. The third kappa shape index (κ3) is 3.76. The maximum absolute atomic E-state index is 12.6. The van der Waals surface area contributed by atoms with Crippen molar-refractivity contribution in [2.24, 2.45) is 5.10 Å². The summed E-state index contributed by atoms with van der Waals surface area (Å²) in [6, 6.07) is 17.2. The number of ether oxygens (including phenoxy) is 2. The molecule has 0 radical (unpaired) electrons. The van der Waals surface area contributed by atoms with Gasteiger partial charge < -0.3 is 14.0 Å². The van der Waals surface area contributed by atoms with Gasteiger partial charge in [0.1, 0.15) is 0 Å². The van der Waals surface area contributed by atoms with Crippen LogP contribution in [0.25, 0.3) is 5.69 Å². The van der Waals surface area contributed by atoms with Crippen molar-refractivity contribution in [3.05, 3.63) is 77.1 Å². The number of rotatable bonds is 6. The zero-order valence-corrected chi connectivity index (χ0v) is 16.4. The first-order chi connectivity index (χ1) is 13.6. The highest BCUT2D eigenvalue weighted by Crippen LogP contribution is 2.29. The normalized spacial score (nSPS) is 10.9. The van der Waals surface area contributed by atoms with Gasteiger partial charge in [-0.15, -0.1) is 0 Å². The fourth-order valence-corrected chi connectivity index (χ4v) is 3.20. The summed E-state index contributed by atoms with van der Waals surface area (Å²) in [5.41, 5.74) is 6.73. The van der Waals surface area contributed by atoms with Crippen molar-refractivity contribution < 1.29 is 14.3 Å². The number of aryl methyl sites for hydroxylation is 1. The summed E-state index contributed by atoms with van der Waals surface area (Å²) in [7, 11) is 3.13. The van der Waals surface area contributed by atoms with Gasteiger partial charge in [0.2, 0.25) is 0 Å². The fraction of sp³-hybridized carbons (Fsp3) is 0.182. The summed E-state index contributed by atoms with van der Waals surface area (Å²) in [6.45, 7) is 3.89. The van der Waals surface area contributed by atoms with Crippen molar-refractivity contribution in [1.82, 2.24) is 9.99 Å². The zero-order valence-electron chi connectivity index (χ0n) is 16.4. The first-order valence-electron chi connectivity index (χ1n) is 8.85. The molecule has 0 saturated heterocycles. The summed E-state index contributed by atoms with van der Waals surface area (Å²) < 4.78 is 12.7. The summed E-state index contributed by atoms with van der Waals surface area (Å²) in [5, 5.41) is 4.09. The molecule has 0 spiro atoms. The molecule has 0 saturated carbocycles. The number of nitrogens with one attached hydrogen (secondary N) is 1. The number of hydrazone groups is 1. The summed E-state index contributed by atoms with van der Waals surface area (Å²) in [5.74, 6) is 0.892. The molecule has 0 aliphatic rings. The van der Waals surface area contributed by atoms with E-state index in [9.17, 15) is 4.79 Å². The van der Waals surface area contributed by atoms with Crippen molar-refractivity contribution in [1.29, 1.82) is 0 Å². The van der Waals surface area contributed by atoms with Gasteiger partial charge in [-0.2, -0.15) is 5.10 Å². The van der Waals surface area contributed by atoms with E-state index in [4.69, 9.17) is 9.47 Å². The zero-order chi connectivity index (χ0) is 20.1. The lowest BCUT2D eigenvalue weighted by atomic mass is 10.2. The van der Waals surface area contributed by atoms with E-state index in [2.05, 4.69) is 10.5 Å². The highest BCUT2D eigenvalue weighted by molar-refractivity contribution is 5.96. The standard InChI is InChI=1S/C22H23N3O3/c1-15-13-19(16(2)25(15)18-10-6-5-7-11-18)22(26)24-23-14-17-9-8-12-20(27-3)21(17)28-4/h5-14H,1-4H3,(H,24,26)/b23-14+. The van der Waals surface area contributed by atoms with Gasteiger partial charge in [0.15, 0.2) is 11.5 Å². The minimum absolute atomic E-state index is 0.270. The Kier molecular flexibility index (Phi) is 5.79. The molecule has 1 heterocycles. The van der Waals surface area contributed by atoms with Crippen molar-refractivity contribution in [2.75, 3.05) is 14.2 Å². The number of carbonyl (C=O) groups is 1. The Hall–Kier alpha value is -3.54. The number of nitrogens with zero attached hydrogens (tertiary/aromatic N) is 2. The lowest BCUT2D eigenvalue weighted by Gasteiger charge is -2.10. The maximum atomic E-state index is 12.6. The predicted octanol–water partition coefficient (Wildman–Crippen LogP) is 3.88. The van der Waals surface area contributed by atoms with Gasteiger partial charge in [0.05, 0.1) is 26.0 Å². The van der Waals surface area contributed by atoms with E-state index >= 15 is 0 Å². The predicted molar refractivity (Wildman–Crippen MR) is 110 cm³/mol. The van der Waals surface area contributed by atoms with E-state index in [1.165, 1.54) is 6.21 Å². The number of hydrogen-bond donors (Lipinski definition) is 1. The van der Waals surface area contributed by atoms with Gasteiger partial charge in [-0.3, -0.25) is 4.79 Å². The van der Waals surface area contributed by atoms with E-state index < -0.39 is 0 Å². The average molecular weight is 377 g/mol. The van der Waals surface area contributed by atoms with Crippen LogP contribution in [0.4, 0.5) is 0 Å². The van der Waals surface area contributed by atoms with Crippen LogP contribution in [-0.2, 0) is 0 Å². The molecule has 1 N–H and O–H groups in total. The highest BCUT2D eigenvalue weighted by atomic mass is 16.5. The largest absolute Gasteiger partial charge is 0.493 e. The molecule has 3 aromatic rings. The van der Waals surface area contributed by atoms with Crippen LogP contribution < -0.4 is 14.9 Å². The van der Waals surface area contributed by atoms with Gasteiger partial charge in [-0.1, -0.05) is 24.3 Å². The number of methoxy groups -OCH3 is 2. The SMILES string of the molecule is COc1cccc(/C=N/NC(=O)c2cc(C)n(-c3ccccc3)c2C)c1OC. The Balaban J connectivity index is 1.81. The Morgan fingerprint density at radius 3 is 2.46 bits per heavy atom. The smallest absolute Gasteiger partial charge is 0.273 e. The monoisotopic (exact) mass is 377 g/mol. The number of hydrogen-bond acceptors (Lipinski definition) is 4. The van der Waals surface area contributed by atoms with Gasteiger partial charge >= 0.3 is 0 Å². The van der Waals surface area contributed by atoms with E-state index in [0.29, 0.717) is 22.6 Å². The quantitative estimate of drug-likeness (QED) is 0.524. The summed E-state index contributed by atoms with van der Waals surface area (Å²) in [6.07, 6.45) is 1.54. The second-order valence-corrected chi connectivity index (χ2v) is 6.24. The Morgan fingerprint density at radius 2 is 1.79 bits per heavy atom. The molecule has 3 rings (SSSR count). The van der Waals surface area contributed by atoms with Crippen LogP contribution in [0.15, 0.2) is 59.7 Å². The highest BCUT2D eigenvalue weighted by Gasteiger charge is 2.16. The fourth-order valence-electron chi connectivity index (χ4n) is 3.20. The van der Waals surface area contributed by atoms with Crippen LogP contribution in [-0.4, -0.2) is 30.9 Å². The first kappa shape index (κ1) is 19.2. The van der Waals surface area contributed by atoms with Crippen molar-refractivity contribution in [3.8, 4) is 17.2 Å². The summed E-state index contributed by atoms with van der Waals surface area (Å²) in [4.78, 5) is 12.6. The lowest BCUT2D eigenvalue weighted by Crippen LogP contribution is -2.18. The third-order valence-electron chi connectivity index (χ3n) is 4.49. The van der Waals surface area contributed by atoms with E-state index in [1.54, 1.807) is 20.3 Å². The number of para-hydroxylation sites is 2. The van der Waals surface area contributed by atoms with E-state index in [1.807, 2.05) is 66.9 Å². The minimum atomic E-state index is -0.270. The van der Waals surface area contributed by atoms with Crippen LogP contribution in [0, 0.1) is 13.8 Å². The Labute approximate surface area is 164 Å². The molecule has 2 aromatic carbocycles. The molecule has 0 fully saturated rings. The van der Waals surface area contributed by atoms with Gasteiger partial charge in [0.25, 0.3) is 5.91 Å². The second kappa shape index (κ2) is 8.43. The van der Waals surface area contributed by atoms with Crippen LogP contribution in [0.2, 0.25) is 0 Å². The maximum Gasteiger partial charge on any atom is 0.273 e. The number of carbonyl (C=O) groups excluding carboxylic acids is 1. The van der Waals surface area contributed by atoms with E-state index in [-0.39, 0.29) is 5.91 Å². The van der Waals surface area contributed by atoms with E-state index in [0.717, 1.165) is 17.1 Å². The molecule has 144 valence electrons. The van der Waals surface area contributed by atoms with Crippen LogP contribution in [0.1, 0.15) is 27.3 Å². The molecule has 0 aliphatic carbocycles. The van der Waals surface area contributed by atoms with Crippen molar-refractivity contribution in [3.63, 3.8) is 0 Å². The Morgan fingerprint density at radius 1 is 1.04 bits per heavy atom. The first-order valence-corrected chi connectivity index (χ1v) is 8.85. The molecule has 1 aromatic heterocycles. The molecular weight excluding hydrogens is 354 g/mol. The van der Waals surface area contributed by atoms with Gasteiger partial charge in [-0.25, -0.2) is 5.43 Å². The van der Waals surface area contributed by atoms with Crippen molar-refractivity contribution >= 4 is 12.1 Å². The average Bonchev–Trinajstić information content (AvgIpc) is 3.02. The molecular formula is C22H23N3O3. The van der Waals surface area contributed by atoms with Gasteiger partial charge in [0, 0.05) is 22.6 Å². The molecule has 0 bridgehead atoms. The molecule has 0 aliphatic heterocycles. The van der Waals surface area contributed by atoms with Crippen LogP contribution >= 0.6 is 0 Å². The van der Waals surface area contributed by atoms with Gasteiger partial charge in [-0.05, 0) is 44.2 Å². The van der Waals surface area contributed by atoms with Crippen molar-refractivity contribution in [2.45, 2.75) is 13.8 Å². The molecule has 0 atom stereocenters.